The lowest BCUT2D eigenvalue weighted by atomic mass is 10.2. The molecule has 0 bridgehead atoms. The summed E-state index contributed by atoms with van der Waals surface area (Å²) < 4.78 is 28.4. The largest absolute Gasteiger partial charge is 0.246 e. The van der Waals surface area contributed by atoms with Crippen LogP contribution in [0.25, 0.3) is 0 Å². The molecular formula is C15H14N8O2S. The van der Waals surface area contributed by atoms with E-state index in [4.69, 9.17) is 5.26 Å². The van der Waals surface area contributed by atoms with Gasteiger partial charge in [0.05, 0.1) is 35.1 Å². The van der Waals surface area contributed by atoms with Gasteiger partial charge < -0.3 is 0 Å². The van der Waals surface area contributed by atoms with E-state index in [-0.39, 0.29) is 29.6 Å². The molecular weight excluding hydrogens is 356 g/mol. The number of hydrogen-bond acceptors (Lipinski definition) is 7. The summed E-state index contributed by atoms with van der Waals surface area (Å²) >= 11 is 0. The zero-order valence-corrected chi connectivity index (χ0v) is 14.4. The third kappa shape index (κ3) is 2.85. The van der Waals surface area contributed by atoms with Crippen LogP contribution >= 0.6 is 0 Å². The first-order valence-corrected chi connectivity index (χ1v) is 9.26. The van der Waals surface area contributed by atoms with Crippen molar-refractivity contribution < 1.29 is 8.42 Å². The Morgan fingerprint density at radius 2 is 1.92 bits per heavy atom. The first kappa shape index (κ1) is 16.4. The molecule has 3 aromatic rings. The zero-order chi connectivity index (χ0) is 18.1. The minimum absolute atomic E-state index is 0.0324. The van der Waals surface area contributed by atoms with Gasteiger partial charge in [-0.15, -0.1) is 5.10 Å². The summed E-state index contributed by atoms with van der Waals surface area (Å²) in [6, 6.07) is 8.03. The van der Waals surface area contributed by atoms with E-state index in [2.05, 4.69) is 20.5 Å². The van der Waals surface area contributed by atoms with Crippen LogP contribution in [0.5, 0.6) is 0 Å². The van der Waals surface area contributed by atoms with Gasteiger partial charge in [0.25, 0.3) is 0 Å². The molecule has 3 heterocycles. The Labute approximate surface area is 149 Å². The van der Waals surface area contributed by atoms with Crippen molar-refractivity contribution in [3.63, 3.8) is 0 Å². The topological polar surface area (TPSA) is 123 Å². The highest BCUT2D eigenvalue weighted by Gasteiger charge is 2.39. The third-order valence-corrected chi connectivity index (χ3v) is 6.05. The molecule has 1 saturated heterocycles. The van der Waals surface area contributed by atoms with Gasteiger partial charge in [-0.05, 0) is 12.1 Å². The average molecular weight is 370 g/mol. The molecule has 10 nitrogen and oxygen atoms in total. The number of sulfonamides is 1. The summed E-state index contributed by atoms with van der Waals surface area (Å²) in [7, 11) is -3.69. The lowest BCUT2D eigenvalue weighted by molar-refractivity contribution is 0.189. The minimum Gasteiger partial charge on any atom is -0.246 e. The zero-order valence-electron chi connectivity index (χ0n) is 13.5. The normalized spacial score (nSPS) is 15.5. The van der Waals surface area contributed by atoms with Crippen molar-refractivity contribution in [3.8, 4) is 6.07 Å². The van der Waals surface area contributed by atoms with E-state index in [1.807, 2.05) is 6.07 Å². The molecule has 26 heavy (non-hydrogen) atoms. The van der Waals surface area contributed by atoms with E-state index in [1.165, 1.54) is 21.2 Å². The Bertz CT molecular complexity index is 1060. The second-order valence-electron chi connectivity index (χ2n) is 5.83. The van der Waals surface area contributed by atoms with Crippen LogP contribution < -0.4 is 0 Å². The second kappa shape index (κ2) is 6.32. The summed E-state index contributed by atoms with van der Waals surface area (Å²) in [5, 5.41) is 25.3. The summed E-state index contributed by atoms with van der Waals surface area (Å²) in [4.78, 5) is 1.52. The molecule has 1 aromatic carbocycles. The van der Waals surface area contributed by atoms with Crippen LogP contribution in [0.2, 0.25) is 0 Å². The summed E-state index contributed by atoms with van der Waals surface area (Å²) in [5.74, 6) is 0. The van der Waals surface area contributed by atoms with Gasteiger partial charge in [0.1, 0.15) is 18.3 Å². The molecule has 0 spiro atoms. The maximum absolute atomic E-state index is 12.7. The Hall–Kier alpha value is -3.10. The Balaban J connectivity index is 1.45. The summed E-state index contributed by atoms with van der Waals surface area (Å²) in [6.07, 6.45) is 4.93. The molecule has 0 radical (unpaired) electrons. The summed E-state index contributed by atoms with van der Waals surface area (Å²) in [6.45, 7) is 0.965. The van der Waals surface area contributed by atoms with Crippen LogP contribution in [0.1, 0.15) is 17.3 Å². The molecule has 0 unspecified atom stereocenters. The number of benzene rings is 1. The van der Waals surface area contributed by atoms with Gasteiger partial charge in [0.15, 0.2) is 0 Å². The number of nitriles is 1. The van der Waals surface area contributed by atoms with Crippen LogP contribution in [0.3, 0.4) is 0 Å². The average Bonchev–Trinajstić information content (AvgIpc) is 3.26. The Kier molecular flexibility index (Phi) is 3.98. The molecule has 0 saturated carbocycles. The predicted molar refractivity (Wildman–Crippen MR) is 88.1 cm³/mol. The van der Waals surface area contributed by atoms with Gasteiger partial charge in [0, 0.05) is 13.1 Å². The fraction of sp³-hybridized carbons (Fsp3) is 0.267. The van der Waals surface area contributed by atoms with Crippen molar-refractivity contribution in [2.24, 2.45) is 0 Å². The molecule has 1 aliphatic heterocycles. The van der Waals surface area contributed by atoms with Crippen LogP contribution in [-0.4, -0.2) is 55.8 Å². The molecule has 0 aliphatic carbocycles. The quantitative estimate of drug-likeness (QED) is 0.621. The molecule has 0 atom stereocenters. The monoisotopic (exact) mass is 370 g/mol. The molecule has 2 aromatic heterocycles. The maximum Gasteiger partial charge on any atom is 0.244 e. The highest BCUT2D eigenvalue weighted by atomic mass is 32.2. The van der Waals surface area contributed by atoms with Gasteiger partial charge in [0.2, 0.25) is 10.0 Å². The molecule has 132 valence electrons. The predicted octanol–water partition coefficient (Wildman–Crippen LogP) is 0.0352. The third-order valence-electron chi connectivity index (χ3n) is 4.16. The summed E-state index contributed by atoms with van der Waals surface area (Å²) in [5.41, 5.74) is 0.836. The van der Waals surface area contributed by atoms with E-state index in [9.17, 15) is 8.42 Å². The number of rotatable bonds is 5. The van der Waals surface area contributed by atoms with Gasteiger partial charge in [-0.25, -0.2) is 13.1 Å². The van der Waals surface area contributed by atoms with Gasteiger partial charge in [-0.3, -0.25) is 0 Å². The first-order chi connectivity index (χ1) is 12.6. The van der Waals surface area contributed by atoms with E-state index in [0.717, 1.165) is 0 Å². The minimum atomic E-state index is -3.69. The van der Waals surface area contributed by atoms with E-state index >= 15 is 0 Å². The maximum atomic E-state index is 12.7. The Morgan fingerprint density at radius 3 is 2.65 bits per heavy atom. The fourth-order valence-electron chi connectivity index (χ4n) is 2.74. The fourth-order valence-corrected chi connectivity index (χ4v) is 4.39. The van der Waals surface area contributed by atoms with E-state index < -0.39 is 10.0 Å². The van der Waals surface area contributed by atoms with Crippen molar-refractivity contribution in [3.05, 3.63) is 54.1 Å². The van der Waals surface area contributed by atoms with Crippen molar-refractivity contribution in [1.29, 1.82) is 5.26 Å². The van der Waals surface area contributed by atoms with Crippen molar-refractivity contribution in [2.45, 2.75) is 17.5 Å². The number of hydrogen-bond donors (Lipinski definition) is 0. The highest BCUT2D eigenvalue weighted by molar-refractivity contribution is 7.89. The Morgan fingerprint density at radius 1 is 1.19 bits per heavy atom. The molecule has 1 aliphatic rings. The second-order valence-corrected chi connectivity index (χ2v) is 7.74. The molecule has 0 N–H and O–H groups in total. The van der Waals surface area contributed by atoms with Crippen molar-refractivity contribution in [1.82, 2.24) is 34.3 Å². The molecule has 11 heteroatoms. The number of nitrogens with zero attached hydrogens (tertiary/aromatic N) is 8. The van der Waals surface area contributed by atoms with Crippen LogP contribution in [0.15, 0.2) is 47.8 Å². The van der Waals surface area contributed by atoms with Crippen molar-refractivity contribution >= 4 is 10.0 Å². The lowest BCUT2D eigenvalue weighted by Gasteiger charge is -2.37. The van der Waals surface area contributed by atoms with Crippen molar-refractivity contribution in [2.75, 3.05) is 13.1 Å². The number of aromatic nitrogens is 6. The van der Waals surface area contributed by atoms with Crippen LogP contribution in [0.4, 0.5) is 0 Å². The van der Waals surface area contributed by atoms with Gasteiger partial charge in [-0.2, -0.15) is 24.6 Å². The standard InChI is InChI=1S/C15H14N8O2S/c16-7-12-3-1-2-4-15(12)26(24,25)21-10-14(11-21)22-8-13(19-20-22)9-23-17-5-6-18-23/h1-6,8,14H,9-11H2. The lowest BCUT2D eigenvalue weighted by Crippen LogP contribution is -2.50. The van der Waals surface area contributed by atoms with Crippen LogP contribution in [-0.2, 0) is 16.6 Å². The smallest absolute Gasteiger partial charge is 0.244 e. The van der Waals surface area contributed by atoms with E-state index in [1.54, 1.807) is 35.4 Å². The first-order valence-electron chi connectivity index (χ1n) is 7.82. The van der Waals surface area contributed by atoms with Crippen LogP contribution in [0, 0.1) is 11.3 Å². The molecule has 4 rings (SSSR count). The van der Waals surface area contributed by atoms with Gasteiger partial charge in [-0.1, -0.05) is 17.3 Å². The van der Waals surface area contributed by atoms with Gasteiger partial charge >= 0.3 is 0 Å². The molecule has 1 fully saturated rings. The van der Waals surface area contributed by atoms with E-state index in [0.29, 0.717) is 12.2 Å². The highest BCUT2D eigenvalue weighted by Crippen LogP contribution is 2.29. The SMILES string of the molecule is N#Cc1ccccc1S(=O)(=O)N1CC(n2cc(Cn3nccn3)nn2)C1. The molecule has 0 amide bonds.